The number of pyridine rings is 1. The van der Waals surface area contributed by atoms with E-state index < -0.39 is 34.6 Å². The van der Waals surface area contributed by atoms with Crippen molar-refractivity contribution in [3.8, 4) is 0 Å². The molecule has 1 atom stereocenters. The van der Waals surface area contributed by atoms with E-state index in [9.17, 15) is 22.8 Å². The number of alkyl halides is 3. The summed E-state index contributed by atoms with van der Waals surface area (Å²) in [7, 11) is 0. The molecule has 1 fully saturated rings. The lowest BCUT2D eigenvalue weighted by molar-refractivity contribution is -0.141. The summed E-state index contributed by atoms with van der Waals surface area (Å²) in [6.07, 6.45) is -4.72. The highest BCUT2D eigenvalue weighted by Gasteiger charge is 2.37. The number of piperazine rings is 1. The fraction of sp³-hybridized carbons (Fsp3) is 0.562. The van der Waals surface area contributed by atoms with Crippen LogP contribution in [0, 0.1) is 0 Å². The zero-order chi connectivity index (χ0) is 19.7. The lowest BCUT2D eigenvalue weighted by Gasteiger charge is -2.40. The molecule has 6 nitrogen and oxygen atoms in total. The van der Waals surface area contributed by atoms with Crippen LogP contribution in [0.25, 0.3) is 0 Å². The quantitative estimate of drug-likeness (QED) is 0.721. The fourth-order valence-electron chi connectivity index (χ4n) is 2.49. The van der Waals surface area contributed by atoms with Gasteiger partial charge in [0.05, 0.1) is 11.6 Å². The lowest BCUT2D eigenvalue weighted by Crippen LogP contribution is -2.56. The van der Waals surface area contributed by atoms with Gasteiger partial charge < -0.3 is 19.3 Å². The van der Waals surface area contributed by atoms with Crippen molar-refractivity contribution >= 4 is 29.8 Å². The molecule has 10 heteroatoms. The normalized spacial score (nSPS) is 18.7. The molecule has 1 amide bonds. The number of aromatic nitrogens is 1. The van der Waals surface area contributed by atoms with Crippen LogP contribution in [0.1, 0.15) is 26.5 Å². The maximum absolute atomic E-state index is 13.0. The molecule has 26 heavy (non-hydrogen) atoms. The molecular formula is C16H19ClF3N3O3. The summed E-state index contributed by atoms with van der Waals surface area (Å²) < 4.78 is 44.2. The number of ether oxygens (including phenoxy) is 1. The Morgan fingerprint density at radius 3 is 2.50 bits per heavy atom. The van der Waals surface area contributed by atoms with E-state index in [2.05, 4.69) is 4.98 Å². The van der Waals surface area contributed by atoms with Crippen molar-refractivity contribution in [1.29, 1.82) is 0 Å². The first-order valence-corrected chi connectivity index (χ1v) is 8.24. The molecule has 1 aliphatic rings. The van der Waals surface area contributed by atoms with Gasteiger partial charge in [0.15, 0.2) is 5.69 Å². The van der Waals surface area contributed by atoms with Gasteiger partial charge in [-0.2, -0.15) is 13.2 Å². The minimum absolute atomic E-state index is 0.00985. The first-order chi connectivity index (χ1) is 11.9. The molecule has 1 aromatic heterocycles. The molecule has 144 valence electrons. The van der Waals surface area contributed by atoms with E-state index >= 15 is 0 Å². The number of halogens is 4. The number of amides is 1. The summed E-state index contributed by atoms with van der Waals surface area (Å²) in [5, 5.41) is -0.517. The number of aldehydes is 1. The Labute approximate surface area is 153 Å². The molecule has 1 aliphatic heterocycles. The third kappa shape index (κ3) is 4.78. The maximum atomic E-state index is 13.0. The first kappa shape index (κ1) is 20.3. The van der Waals surface area contributed by atoms with Gasteiger partial charge in [-0.1, -0.05) is 11.6 Å². The van der Waals surface area contributed by atoms with Crippen molar-refractivity contribution in [3.63, 3.8) is 0 Å². The molecule has 0 N–H and O–H groups in total. The van der Waals surface area contributed by atoms with Crippen molar-refractivity contribution < 1.29 is 27.5 Å². The van der Waals surface area contributed by atoms with Crippen LogP contribution in [-0.2, 0) is 15.7 Å². The molecule has 0 radical (unpaired) electrons. The van der Waals surface area contributed by atoms with Gasteiger partial charge in [0.25, 0.3) is 0 Å². The number of hydrogen-bond acceptors (Lipinski definition) is 5. The zero-order valence-corrected chi connectivity index (χ0v) is 15.3. The summed E-state index contributed by atoms with van der Waals surface area (Å²) in [4.78, 5) is 29.9. The second-order valence-electron chi connectivity index (χ2n) is 6.82. The van der Waals surface area contributed by atoms with Crippen molar-refractivity contribution in [2.75, 3.05) is 24.5 Å². The minimum Gasteiger partial charge on any atom is -0.444 e. The topological polar surface area (TPSA) is 62.7 Å². The second kappa shape index (κ2) is 7.30. The Hall–Kier alpha value is -2.03. The highest BCUT2D eigenvalue weighted by Crippen LogP contribution is 2.35. The number of carbonyl (C=O) groups is 2. The number of anilines is 1. The van der Waals surface area contributed by atoms with E-state index in [0.717, 1.165) is 6.07 Å². The van der Waals surface area contributed by atoms with Crippen LogP contribution in [0.15, 0.2) is 12.1 Å². The van der Waals surface area contributed by atoms with Gasteiger partial charge in [-0.15, -0.1) is 0 Å². The Bertz CT molecular complexity index is 692. The fourth-order valence-corrected chi connectivity index (χ4v) is 2.71. The van der Waals surface area contributed by atoms with Crippen LogP contribution in [0.2, 0.25) is 5.02 Å². The largest absolute Gasteiger partial charge is 0.444 e. The van der Waals surface area contributed by atoms with Crippen LogP contribution < -0.4 is 4.90 Å². The van der Waals surface area contributed by atoms with Gasteiger partial charge in [-0.25, -0.2) is 9.78 Å². The second-order valence-corrected chi connectivity index (χ2v) is 7.23. The molecule has 1 aromatic rings. The van der Waals surface area contributed by atoms with Gasteiger partial charge in [0.1, 0.15) is 23.7 Å². The molecule has 2 heterocycles. The van der Waals surface area contributed by atoms with E-state index in [1.807, 2.05) is 0 Å². The maximum Gasteiger partial charge on any atom is 0.434 e. The number of hydrogen-bond donors (Lipinski definition) is 0. The Morgan fingerprint density at radius 1 is 1.31 bits per heavy atom. The highest BCUT2D eigenvalue weighted by molar-refractivity contribution is 6.31. The van der Waals surface area contributed by atoms with E-state index in [4.69, 9.17) is 16.3 Å². The SMILES string of the molecule is CC(C)(C)OC(=O)N1CCN(c2ccc(Cl)c(C(F)(F)F)n2)C(C=O)C1. The van der Waals surface area contributed by atoms with E-state index in [1.54, 1.807) is 20.8 Å². The van der Waals surface area contributed by atoms with Crippen LogP contribution >= 0.6 is 11.6 Å². The summed E-state index contributed by atoms with van der Waals surface area (Å²) in [5.41, 5.74) is -1.90. The predicted octanol–water partition coefficient (Wildman–Crippen LogP) is 3.38. The van der Waals surface area contributed by atoms with Gasteiger partial charge in [0, 0.05) is 13.1 Å². The van der Waals surface area contributed by atoms with Gasteiger partial charge >= 0.3 is 12.3 Å². The van der Waals surface area contributed by atoms with Crippen molar-refractivity contribution in [3.05, 3.63) is 22.8 Å². The van der Waals surface area contributed by atoms with Crippen LogP contribution in [0.5, 0.6) is 0 Å². The smallest absolute Gasteiger partial charge is 0.434 e. The van der Waals surface area contributed by atoms with Crippen molar-refractivity contribution in [2.45, 2.75) is 38.6 Å². The van der Waals surface area contributed by atoms with E-state index in [-0.39, 0.29) is 25.5 Å². The first-order valence-electron chi connectivity index (χ1n) is 7.86. The lowest BCUT2D eigenvalue weighted by atomic mass is 10.1. The summed E-state index contributed by atoms with van der Waals surface area (Å²) in [5.74, 6) is -0.0253. The third-order valence-corrected chi connectivity index (χ3v) is 3.93. The Morgan fingerprint density at radius 2 is 1.96 bits per heavy atom. The molecule has 2 rings (SSSR count). The Balaban J connectivity index is 2.20. The monoisotopic (exact) mass is 393 g/mol. The molecule has 0 saturated carbocycles. The molecule has 0 aliphatic carbocycles. The molecule has 0 spiro atoms. The molecular weight excluding hydrogens is 375 g/mol. The summed E-state index contributed by atoms with van der Waals surface area (Å²) in [6, 6.07) is 1.57. The average molecular weight is 394 g/mol. The van der Waals surface area contributed by atoms with Crippen molar-refractivity contribution in [2.24, 2.45) is 0 Å². The van der Waals surface area contributed by atoms with Crippen LogP contribution in [-0.4, -0.2) is 53.5 Å². The van der Waals surface area contributed by atoms with Gasteiger partial charge in [0.2, 0.25) is 0 Å². The van der Waals surface area contributed by atoms with E-state index in [0.29, 0.717) is 6.29 Å². The number of carbonyl (C=O) groups excluding carboxylic acids is 2. The van der Waals surface area contributed by atoms with Crippen LogP contribution in [0.4, 0.5) is 23.8 Å². The number of rotatable bonds is 2. The van der Waals surface area contributed by atoms with Gasteiger partial charge in [-0.05, 0) is 32.9 Å². The highest BCUT2D eigenvalue weighted by atomic mass is 35.5. The van der Waals surface area contributed by atoms with E-state index in [1.165, 1.54) is 15.9 Å². The summed E-state index contributed by atoms with van der Waals surface area (Å²) in [6.45, 7) is 5.46. The predicted molar refractivity (Wildman–Crippen MR) is 89.3 cm³/mol. The van der Waals surface area contributed by atoms with Crippen LogP contribution in [0.3, 0.4) is 0 Å². The molecule has 0 bridgehead atoms. The zero-order valence-electron chi connectivity index (χ0n) is 14.5. The standard InChI is InChI=1S/C16H19ClF3N3O3/c1-15(2,3)26-14(25)22-6-7-23(10(8-22)9-24)12-5-4-11(17)13(21-12)16(18,19)20/h4-5,9-10H,6-8H2,1-3H3. The molecule has 1 saturated heterocycles. The number of nitrogens with zero attached hydrogens (tertiary/aromatic N) is 3. The summed E-state index contributed by atoms with van der Waals surface area (Å²) >= 11 is 5.58. The third-order valence-electron chi connectivity index (χ3n) is 3.62. The van der Waals surface area contributed by atoms with Gasteiger partial charge in [-0.3, -0.25) is 0 Å². The Kier molecular flexibility index (Phi) is 5.70. The molecule has 0 aromatic carbocycles. The molecule has 1 unspecified atom stereocenters. The van der Waals surface area contributed by atoms with Crippen molar-refractivity contribution in [1.82, 2.24) is 9.88 Å². The minimum atomic E-state index is -4.71. The average Bonchev–Trinajstić information content (AvgIpc) is 2.52.